The first-order chi connectivity index (χ1) is 9.76. The molecule has 106 valence electrons. The normalized spacial score (nSPS) is 13.6. The summed E-state index contributed by atoms with van der Waals surface area (Å²) in [7, 11) is 0. The molecule has 0 aromatic carbocycles. The van der Waals surface area contributed by atoms with E-state index in [1.54, 1.807) is 11.0 Å². The molecule has 1 N–H and O–H groups in total. The van der Waals surface area contributed by atoms with E-state index in [0.717, 1.165) is 31.6 Å². The molecule has 1 fully saturated rings. The summed E-state index contributed by atoms with van der Waals surface area (Å²) in [6, 6.07) is 7.84. The minimum absolute atomic E-state index is 0.0668. The van der Waals surface area contributed by atoms with Gasteiger partial charge >= 0.3 is 0 Å². The summed E-state index contributed by atoms with van der Waals surface area (Å²) >= 11 is 0. The molecule has 0 radical (unpaired) electrons. The third-order valence-electron chi connectivity index (χ3n) is 3.24. The van der Waals surface area contributed by atoms with Crippen molar-refractivity contribution in [3.05, 3.63) is 23.9 Å². The van der Waals surface area contributed by atoms with Crippen LogP contribution in [0.15, 0.2) is 18.2 Å². The molecular formula is C15H20N4O. The molecule has 0 saturated heterocycles. The highest BCUT2D eigenvalue weighted by molar-refractivity contribution is 5.93. The highest BCUT2D eigenvalue weighted by atomic mass is 16.2. The Kier molecular flexibility index (Phi) is 4.94. The van der Waals surface area contributed by atoms with E-state index in [9.17, 15) is 4.79 Å². The van der Waals surface area contributed by atoms with E-state index < -0.39 is 0 Å². The fourth-order valence-electron chi connectivity index (χ4n) is 2.06. The maximum atomic E-state index is 12.5. The number of nitriles is 1. The van der Waals surface area contributed by atoms with Crippen LogP contribution in [0, 0.1) is 11.3 Å². The van der Waals surface area contributed by atoms with Gasteiger partial charge in [-0.15, -0.1) is 0 Å². The zero-order valence-electron chi connectivity index (χ0n) is 11.8. The number of hydrogen-bond donors (Lipinski definition) is 1. The molecule has 1 aromatic heterocycles. The number of amides is 1. The monoisotopic (exact) mass is 272 g/mol. The zero-order chi connectivity index (χ0) is 14.4. The van der Waals surface area contributed by atoms with Crippen LogP contribution in [0.1, 0.15) is 43.1 Å². The number of nitrogens with one attached hydrogen (secondary N) is 1. The molecule has 2 rings (SSSR count). The molecule has 5 nitrogen and oxygen atoms in total. The van der Waals surface area contributed by atoms with Crippen LogP contribution in [0.2, 0.25) is 0 Å². The van der Waals surface area contributed by atoms with Crippen molar-refractivity contribution in [1.29, 1.82) is 5.26 Å². The molecule has 5 heteroatoms. The van der Waals surface area contributed by atoms with Gasteiger partial charge in [0.15, 0.2) is 0 Å². The number of anilines is 1. The first-order valence-corrected chi connectivity index (χ1v) is 7.15. The number of carbonyl (C=O) groups excluding carboxylic acids is 1. The second-order valence-corrected chi connectivity index (χ2v) is 4.97. The molecule has 0 unspecified atom stereocenters. The number of hydrogen-bond acceptors (Lipinski definition) is 4. The Balaban J connectivity index is 2.08. The Morgan fingerprint density at radius 3 is 3.00 bits per heavy atom. The van der Waals surface area contributed by atoms with Crippen molar-refractivity contribution in [2.45, 2.75) is 38.6 Å². The third-order valence-corrected chi connectivity index (χ3v) is 3.24. The quantitative estimate of drug-likeness (QED) is 0.827. The molecular weight excluding hydrogens is 252 g/mol. The van der Waals surface area contributed by atoms with Crippen LogP contribution in [0.5, 0.6) is 0 Å². The standard InChI is InChI=1S/C15H20N4O/c1-2-10-17-14-6-3-5-13(18-14)15(20)19(11-4-9-16)12-7-8-12/h3,5-6,12H,2,4,7-8,10-11H2,1H3,(H,17,18). The van der Waals surface area contributed by atoms with Gasteiger partial charge in [-0.05, 0) is 31.4 Å². The minimum atomic E-state index is -0.0668. The number of nitrogens with zero attached hydrogens (tertiary/aromatic N) is 3. The van der Waals surface area contributed by atoms with Crippen LogP contribution in [-0.4, -0.2) is 34.9 Å². The first-order valence-electron chi connectivity index (χ1n) is 7.15. The summed E-state index contributed by atoms with van der Waals surface area (Å²) in [5, 5.41) is 11.9. The molecule has 1 amide bonds. The number of aromatic nitrogens is 1. The van der Waals surface area contributed by atoms with E-state index in [2.05, 4.69) is 23.3 Å². The van der Waals surface area contributed by atoms with E-state index in [0.29, 0.717) is 24.7 Å². The van der Waals surface area contributed by atoms with E-state index in [-0.39, 0.29) is 5.91 Å². The van der Waals surface area contributed by atoms with Gasteiger partial charge in [0.1, 0.15) is 11.5 Å². The van der Waals surface area contributed by atoms with Crippen molar-refractivity contribution >= 4 is 11.7 Å². The molecule has 1 heterocycles. The maximum Gasteiger partial charge on any atom is 0.272 e. The molecule has 20 heavy (non-hydrogen) atoms. The predicted molar refractivity (Wildman–Crippen MR) is 77.3 cm³/mol. The van der Waals surface area contributed by atoms with Gasteiger partial charge in [-0.25, -0.2) is 4.98 Å². The Morgan fingerprint density at radius 2 is 2.35 bits per heavy atom. The summed E-state index contributed by atoms with van der Waals surface area (Å²) < 4.78 is 0. The SMILES string of the molecule is CCCNc1cccc(C(=O)N(CCC#N)C2CC2)n1. The second kappa shape index (κ2) is 6.90. The van der Waals surface area contributed by atoms with Crippen LogP contribution in [0.3, 0.4) is 0 Å². The van der Waals surface area contributed by atoms with Crippen molar-refractivity contribution in [1.82, 2.24) is 9.88 Å². The van der Waals surface area contributed by atoms with E-state index in [4.69, 9.17) is 5.26 Å². The van der Waals surface area contributed by atoms with Crippen molar-refractivity contribution in [3.63, 3.8) is 0 Å². The Morgan fingerprint density at radius 1 is 1.55 bits per heavy atom. The van der Waals surface area contributed by atoms with Gasteiger partial charge in [0.25, 0.3) is 5.91 Å². The largest absolute Gasteiger partial charge is 0.370 e. The first kappa shape index (κ1) is 14.3. The van der Waals surface area contributed by atoms with Gasteiger partial charge in [-0.1, -0.05) is 13.0 Å². The average Bonchev–Trinajstić information content (AvgIpc) is 3.30. The molecule has 1 aliphatic rings. The Hall–Kier alpha value is -2.09. The van der Waals surface area contributed by atoms with Crippen LogP contribution in [-0.2, 0) is 0 Å². The summed E-state index contributed by atoms with van der Waals surface area (Å²) in [5.41, 5.74) is 0.455. The van der Waals surface area contributed by atoms with Gasteiger partial charge in [0, 0.05) is 19.1 Å². The molecule has 1 aromatic rings. The van der Waals surface area contributed by atoms with E-state index >= 15 is 0 Å². The number of carbonyl (C=O) groups is 1. The maximum absolute atomic E-state index is 12.5. The summed E-state index contributed by atoms with van der Waals surface area (Å²) in [5.74, 6) is 0.664. The summed E-state index contributed by atoms with van der Waals surface area (Å²) in [6.45, 7) is 3.42. The van der Waals surface area contributed by atoms with Crippen LogP contribution in [0.25, 0.3) is 0 Å². The Bertz CT molecular complexity index is 505. The van der Waals surface area contributed by atoms with Crippen molar-refractivity contribution in [2.24, 2.45) is 0 Å². The van der Waals surface area contributed by atoms with Crippen LogP contribution < -0.4 is 5.32 Å². The van der Waals surface area contributed by atoms with Gasteiger partial charge in [-0.3, -0.25) is 4.79 Å². The van der Waals surface area contributed by atoms with Crippen molar-refractivity contribution < 1.29 is 4.79 Å². The molecule has 1 saturated carbocycles. The van der Waals surface area contributed by atoms with Crippen LogP contribution >= 0.6 is 0 Å². The van der Waals surface area contributed by atoms with Crippen LogP contribution in [0.4, 0.5) is 5.82 Å². The lowest BCUT2D eigenvalue weighted by Crippen LogP contribution is -2.34. The second-order valence-electron chi connectivity index (χ2n) is 4.97. The molecule has 0 atom stereocenters. The smallest absolute Gasteiger partial charge is 0.272 e. The number of pyridine rings is 1. The minimum Gasteiger partial charge on any atom is -0.370 e. The molecule has 0 spiro atoms. The zero-order valence-corrected chi connectivity index (χ0v) is 11.8. The van der Waals surface area contributed by atoms with E-state index in [1.807, 2.05) is 12.1 Å². The van der Waals surface area contributed by atoms with Crippen molar-refractivity contribution in [3.8, 4) is 6.07 Å². The molecule has 0 bridgehead atoms. The third kappa shape index (κ3) is 3.70. The van der Waals surface area contributed by atoms with Gasteiger partial charge < -0.3 is 10.2 Å². The highest BCUT2D eigenvalue weighted by Gasteiger charge is 2.33. The fourth-order valence-corrected chi connectivity index (χ4v) is 2.06. The summed E-state index contributed by atoms with van der Waals surface area (Å²) in [4.78, 5) is 18.6. The predicted octanol–water partition coefficient (Wildman–Crippen LogP) is 2.42. The average molecular weight is 272 g/mol. The van der Waals surface area contributed by atoms with Gasteiger partial charge in [-0.2, -0.15) is 5.26 Å². The highest BCUT2D eigenvalue weighted by Crippen LogP contribution is 2.28. The van der Waals surface area contributed by atoms with Crippen molar-refractivity contribution in [2.75, 3.05) is 18.4 Å². The number of rotatable bonds is 7. The lowest BCUT2D eigenvalue weighted by Gasteiger charge is -2.20. The fraction of sp³-hybridized carbons (Fsp3) is 0.533. The van der Waals surface area contributed by atoms with Gasteiger partial charge in [0.05, 0.1) is 12.5 Å². The molecule has 0 aliphatic heterocycles. The van der Waals surface area contributed by atoms with E-state index in [1.165, 1.54) is 0 Å². The lowest BCUT2D eigenvalue weighted by atomic mass is 10.2. The molecule has 1 aliphatic carbocycles. The lowest BCUT2D eigenvalue weighted by molar-refractivity contribution is 0.0741. The Labute approximate surface area is 119 Å². The topological polar surface area (TPSA) is 69.0 Å². The summed E-state index contributed by atoms with van der Waals surface area (Å²) in [6.07, 6.45) is 3.45. The van der Waals surface area contributed by atoms with Gasteiger partial charge in [0.2, 0.25) is 0 Å².